The molecule has 0 aliphatic carbocycles. The first kappa shape index (κ1) is 19.2. The number of aromatic nitrogens is 1. The molecule has 0 radical (unpaired) electrons. The van der Waals surface area contributed by atoms with Gasteiger partial charge in [0.1, 0.15) is 5.75 Å². The number of carbonyl (C=O) groups is 1. The molecule has 1 aromatic heterocycles. The van der Waals surface area contributed by atoms with Crippen molar-refractivity contribution in [3.8, 4) is 28.5 Å². The molecule has 5 nitrogen and oxygen atoms in total. The van der Waals surface area contributed by atoms with E-state index in [1.54, 1.807) is 51.7 Å². The molecule has 5 heteroatoms. The first-order valence-corrected chi connectivity index (χ1v) is 8.70. The zero-order valence-corrected chi connectivity index (χ0v) is 16.0. The molecule has 0 unspecified atom stereocenters. The fourth-order valence-electron chi connectivity index (χ4n) is 2.71. The number of rotatable bonds is 7. The summed E-state index contributed by atoms with van der Waals surface area (Å²) in [6, 6.07) is 18.3. The van der Waals surface area contributed by atoms with Crippen molar-refractivity contribution in [2.24, 2.45) is 0 Å². The minimum Gasteiger partial charge on any atom is -0.497 e. The van der Waals surface area contributed by atoms with E-state index in [2.05, 4.69) is 4.98 Å². The minimum absolute atomic E-state index is 0.0963. The van der Waals surface area contributed by atoms with Gasteiger partial charge in [0, 0.05) is 11.1 Å². The Kier molecular flexibility index (Phi) is 6.07. The Morgan fingerprint density at radius 3 is 2.29 bits per heavy atom. The lowest BCUT2D eigenvalue weighted by atomic mass is 10.1. The fourth-order valence-corrected chi connectivity index (χ4v) is 2.71. The van der Waals surface area contributed by atoms with Crippen molar-refractivity contribution in [3.05, 3.63) is 78.0 Å². The summed E-state index contributed by atoms with van der Waals surface area (Å²) in [7, 11) is 4.79. The Morgan fingerprint density at radius 1 is 0.857 bits per heavy atom. The molecule has 28 heavy (non-hydrogen) atoms. The lowest BCUT2D eigenvalue weighted by molar-refractivity contribution is 0.104. The predicted molar refractivity (Wildman–Crippen MR) is 109 cm³/mol. The summed E-state index contributed by atoms with van der Waals surface area (Å²) < 4.78 is 15.7. The van der Waals surface area contributed by atoms with Gasteiger partial charge < -0.3 is 14.2 Å². The molecule has 0 fully saturated rings. The number of hydrogen-bond donors (Lipinski definition) is 0. The Bertz CT molecular complexity index is 994. The van der Waals surface area contributed by atoms with Gasteiger partial charge in [-0.05, 0) is 66.7 Å². The van der Waals surface area contributed by atoms with E-state index in [4.69, 9.17) is 14.2 Å². The number of allylic oxidation sites excluding steroid dienone is 1. The van der Waals surface area contributed by atoms with E-state index < -0.39 is 0 Å². The number of pyridine rings is 1. The minimum atomic E-state index is -0.0963. The molecule has 1 heterocycles. The molecule has 0 N–H and O–H groups in total. The van der Waals surface area contributed by atoms with Crippen molar-refractivity contribution >= 4 is 11.9 Å². The quantitative estimate of drug-likeness (QED) is 0.444. The standard InChI is InChI=1S/C23H21NO4/c1-26-19-11-7-16(8-12-19)21(25)13-10-18-5-4-6-20(24-18)17-9-14-22(27-2)23(15-17)28-3/h4-15H,1-3H3. The molecule has 3 rings (SSSR count). The second kappa shape index (κ2) is 8.86. The highest BCUT2D eigenvalue weighted by Gasteiger charge is 2.08. The second-order valence-electron chi connectivity index (χ2n) is 5.94. The Hall–Kier alpha value is -3.60. The van der Waals surface area contributed by atoms with Crippen molar-refractivity contribution in [1.82, 2.24) is 4.98 Å². The zero-order chi connectivity index (χ0) is 19.9. The molecular formula is C23H21NO4. The van der Waals surface area contributed by atoms with Crippen LogP contribution in [-0.2, 0) is 0 Å². The molecule has 0 amide bonds. The van der Waals surface area contributed by atoms with Gasteiger partial charge in [-0.1, -0.05) is 6.07 Å². The number of hydrogen-bond acceptors (Lipinski definition) is 5. The third kappa shape index (κ3) is 4.38. The van der Waals surface area contributed by atoms with Gasteiger partial charge in [-0.2, -0.15) is 0 Å². The molecule has 0 saturated carbocycles. The monoisotopic (exact) mass is 375 g/mol. The summed E-state index contributed by atoms with van der Waals surface area (Å²) in [6.45, 7) is 0. The average molecular weight is 375 g/mol. The average Bonchev–Trinajstić information content (AvgIpc) is 2.77. The van der Waals surface area contributed by atoms with E-state index in [-0.39, 0.29) is 5.78 Å². The van der Waals surface area contributed by atoms with E-state index in [1.165, 1.54) is 6.08 Å². The molecule has 0 bridgehead atoms. The summed E-state index contributed by atoms with van der Waals surface area (Å²) >= 11 is 0. The van der Waals surface area contributed by atoms with E-state index in [1.807, 2.05) is 36.4 Å². The van der Waals surface area contributed by atoms with E-state index in [0.717, 1.165) is 11.3 Å². The maximum absolute atomic E-state index is 12.3. The number of carbonyl (C=O) groups excluding carboxylic acids is 1. The number of ether oxygens (including phenoxy) is 3. The van der Waals surface area contributed by atoms with Crippen LogP contribution in [0.15, 0.2) is 66.7 Å². The number of methoxy groups -OCH3 is 3. The topological polar surface area (TPSA) is 57.7 Å². The maximum Gasteiger partial charge on any atom is 0.185 e. The predicted octanol–water partition coefficient (Wildman–Crippen LogP) is 4.67. The van der Waals surface area contributed by atoms with E-state index in [0.29, 0.717) is 28.5 Å². The van der Waals surface area contributed by atoms with Gasteiger partial charge in [-0.15, -0.1) is 0 Å². The fraction of sp³-hybridized carbons (Fsp3) is 0.130. The highest BCUT2D eigenvalue weighted by atomic mass is 16.5. The van der Waals surface area contributed by atoms with Crippen LogP contribution in [0.5, 0.6) is 17.2 Å². The Balaban J connectivity index is 1.81. The molecule has 0 atom stereocenters. The molecule has 0 saturated heterocycles. The highest BCUT2D eigenvalue weighted by Crippen LogP contribution is 2.31. The number of benzene rings is 2. The van der Waals surface area contributed by atoms with Crippen LogP contribution >= 0.6 is 0 Å². The van der Waals surface area contributed by atoms with Gasteiger partial charge in [0.15, 0.2) is 17.3 Å². The summed E-state index contributed by atoms with van der Waals surface area (Å²) in [5.74, 6) is 1.91. The van der Waals surface area contributed by atoms with Crippen molar-refractivity contribution in [1.29, 1.82) is 0 Å². The van der Waals surface area contributed by atoms with Crippen molar-refractivity contribution in [2.75, 3.05) is 21.3 Å². The Morgan fingerprint density at radius 2 is 1.61 bits per heavy atom. The van der Waals surface area contributed by atoms with Gasteiger partial charge >= 0.3 is 0 Å². The van der Waals surface area contributed by atoms with Gasteiger partial charge in [-0.3, -0.25) is 4.79 Å². The summed E-state index contributed by atoms with van der Waals surface area (Å²) in [5, 5.41) is 0. The van der Waals surface area contributed by atoms with Gasteiger partial charge in [0.05, 0.1) is 32.7 Å². The van der Waals surface area contributed by atoms with Crippen LogP contribution in [0.3, 0.4) is 0 Å². The Labute approximate surface area is 164 Å². The van der Waals surface area contributed by atoms with Gasteiger partial charge in [0.2, 0.25) is 0 Å². The normalized spacial score (nSPS) is 10.7. The first-order valence-electron chi connectivity index (χ1n) is 8.70. The first-order chi connectivity index (χ1) is 13.6. The third-order valence-electron chi connectivity index (χ3n) is 4.23. The van der Waals surface area contributed by atoms with Crippen LogP contribution in [-0.4, -0.2) is 32.1 Å². The molecule has 3 aromatic rings. The van der Waals surface area contributed by atoms with Crippen LogP contribution in [0.25, 0.3) is 17.3 Å². The molecule has 0 spiro atoms. The van der Waals surface area contributed by atoms with Crippen LogP contribution in [0, 0.1) is 0 Å². The maximum atomic E-state index is 12.3. The molecule has 0 aliphatic rings. The summed E-state index contributed by atoms with van der Waals surface area (Å²) in [5.41, 5.74) is 2.96. The smallest absolute Gasteiger partial charge is 0.185 e. The van der Waals surface area contributed by atoms with Crippen molar-refractivity contribution in [3.63, 3.8) is 0 Å². The molecule has 142 valence electrons. The summed E-state index contributed by atoms with van der Waals surface area (Å²) in [4.78, 5) is 17.0. The second-order valence-corrected chi connectivity index (χ2v) is 5.94. The van der Waals surface area contributed by atoms with Gasteiger partial charge in [0.25, 0.3) is 0 Å². The van der Waals surface area contributed by atoms with Crippen LogP contribution in [0.2, 0.25) is 0 Å². The van der Waals surface area contributed by atoms with Gasteiger partial charge in [-0.25, -0.2) is 4.98 Å². The highest BCUT2D eigenvalue weighted by molar-refractivity contribution is 6.06. The van der Waals surface area contributed by atoms with Crippen LogP contribution in [0.1, 0.15) is 16.1 Å². The van der Waals surface area contributed by atoms with Crippen molar-refractivity contribution in [2.45, 2.75) is 0 Å². The largest absolute Gasteiger partial charge is 0.497 e. The lowest BCUT2D eigenvalue weighted by Gasteiger charge is -2.09. The number of nitrogens with zero attached hydrogens (tertiary/aromatic N) is 1. The molecular weight excluding hydrogens is 354 g/mol. The summed E-state index contributed by atoms with van der Waals surface area (Å²) in [6.07, 6.45) is 3.22. The lowest BCUT2D eigenvalue weighted by Crippen LogP contribution is -1.95. The molecule has 0 aliphatic heterocycles. The van der Waals surface area contributed by atoms with Crippen LogP contribution < -0.4 is 14.2 Å². The van der Waals surface area contributed by atoms with Crippen molar-refractivity contribution < 1.29 is 19.0 Å². The van der Waals surface area contributed by atoms with E-state index >= 15 is 0 Å². The van der Waals surface area contributed by atoms with E-state index in [9.17, 15) is 4.79 Å². The van der Waals surface area contributed by atoms with Crippen LogP contribution in [0.4, 0.5) is 0 Å². The zero-order valence-electron chi connectivity index (χ0n) is 16.0. The SMILES string of the molecule is COc1ccc(C(=O)C=Cc2cccc(-c3ccc(OC)c(OC)c3)n2)cc1. The number of ketones is 1. The molecule has 2 aromatic carbocycles. The third-order valence-corrected chi connectivity index (χ3v) is 4.23.